The van der Waals surface area contributed by atoms with Gasteiger partial charge in [-0.1, -0.05) is 24.3 Å². The Bertz CT molecular complexity index is 815. The fourth-order valence-electron chi connectivity index (χ4n) is 2.51. The van der Waals surface area contributed by atoms with E-state index in [1.807, 2.05) is 6.92 Å². The first-order valence-corrected chi connectivity index (χ1v) is 8.78. The summed E-state index contributed by atoms with van der Waals surface area (Å²) in [6.45, 7) is 7.13. The van der Waals surface area contributed by atoms with Crippen LogP contribution in [0.25, 0.3) is 0 Å². The molecule has 2 N–H and O–H groups in total. The van der Waals surface area contributed by atoms with E-state index in [1.54, 1.807) is 63.2 Å². The molecule has 2 amide bonds. The number of rotatable bonds is 5. The molecule has 0 aromatic heterocycles. The van der Waals surface area contributed by atoms with Crippen molar-refractivity contribution in [1.29, 1.82) is 0 Å². The summed E-state index contributed by atoms with van der Waals surface area (Å²) in [4.78, 5) is 24.3. The molecule has 2 rings (SSSR count). The van der Waals surface area contributed by atoms with Crippen molar-refractivity contribution in [3.63, 3.8) is 0 Å². The van der Waals surface area contributed by atoms with Crippen molar-refractivity contribution < 1.29 is 18.7 Å². The molecule has 0 aliphatic rings. The summed E-state index contributed by atoms with van der Waals surface area (Å²) in [5, 5.41) is 5.44. The summed E-state index contributed by atoms with van der Waals surface area (Å²) < 4.78 is 18.9. The minimum atomic E-state index is -0.610. The lowest BCUT2D eigenvalue weighted by atomic mass is 10.1. The van der Waals surface area contributed by atoms with Crippen LogP contribution in [-0.4, -0.2) is 23.6 Å². The van der Waals surface area contributed by atoms with Crippen LogP contribution in [0.3, 0.4) is 0 Å². The molecule has 0 heterocycles. The molecule has 1 unspecified atom stereocenters. The van der Waals surface area contributed by atoms with Gasteiger partial charge < -0.3 is 10.1 Å². The van der Waals surface area contributed by atoms with Crippen LogP contribution in [0.2, 0.25) is 0 Å². The molecule has 0 aliphatic carbocycles. The predicted octanol–water partition coefficient (Wildman–Crippen LogP) is 4.53. The minimum Gasteiger partial charge on any atom is -0.444 e. The molecular weight excluding hydrogens is 347 g/mol. The fourth-order valence-corrected chi connectivity index (χ4v) is 2.51. The molecule has 0 radical (unpaired) electrons. The van der Waals surface area contributed by atoms with E-state index < -0.39 is 11.7 Å². The van der Waals surface area contributed by atoms with Gasteiger partial charge >= 0.3 is 6.09 Å². The number of carbonyl (C=O) groups excluding carboxylic acids is 2. The molecule has 2 aromatic rings. The van der Waals surface area contributed by atoms with E-state index in [-0.39, 0.29) is 17.8 Å². The second kappa shape index (κ2) is 8.66. The van der Waals surface area contributed by atoms with Crippen molar-refractivity contribution in [2.75, 3.05) is 5.32 Å². The van der Waals surface area contributed by atoms with Crippen LogP contribution >= 0.6 is 0 Å². The van der Waals surface area contributed by atoms with Gasteiger partial charge in [-0.3, -0.25) is 10.1 Å². The Balaban J connectivity index is 1.98. The van der Waals surface area contributed by atoms with E-state index >= 15 is 0 Å². The zero-order chi connectivity index (χ0) is 20.0. The number of hydrogen-bond donors (Lipinski definition) is 2. The maximum absolute atomic E-state index is 13.7. The zero-order valence-corrected chi connectivity index (χ0v) is 16.0. The lowest BCUT2D eigenvalue weighted by Gasteiger charge is -2.20. The number of halogens is 1. The van der Waals surface area contributed by atoms with E-state index in [0.29, 0.717) is 23.2 Å². The summed E-state index contributed by atoms with van der Waals surface area (Å²) in [6, 6.07) is 12.8. The van der Waals surface area contributed by atoms with Crippen molar-refractivity contribution in [2.24, 2.45) is 0 Å². The van der Waals surface area contributed by atoms with Gasteiger partial charge in [-0.2, -0.15) is 0 Å². The Hall–Kier alpha value is -2.89. The number of anilines is 1. The molecule has 0 aliphatic heterocycles. The van der Waals surface area contributed by atoms with Crippen LogP contribution in [0.4, 0.5) is 14.9 Å². The fraction of sp³-hybridized carbons (Fsp3) is 0.333. The van der Waals surface area contributed by atoms with Crippen LogP contribution in [0.1, 0.15) is 43.6 Å². The monoisotopic (exact) mass is 372 g/mol. The number of carbonyl (C=O) groups is 2. The Morgan fingerprint density at radius 1 is 1.11 bits per heavy atom. The summed E-state index contributed by atoms with van der Waals surface area (Å²) >= 11 is 0. The normalized spacial score (nSPS) is 12.2. The third kappa shape index (κ3) is 6.73. The van der Waals surface area contributed by atoms with Crippen LogP contribution in [-0.2, 0) is 11.2 Å². The lowest BCUT2D eigenvalue weighted by Crippen LogP contribution is -2.34. The Labute approximate surface area is 158 Å². The van der Waals surface area contributed by atoms with Crippen LogP contribution in [0, 0.1) is 5.82 Å². The van der Waals surface area contributed by atoms with Crippen molar-refractivity contribution in [3.05, 3.63) is 65.5 Å². The maximum Gasteiger partial charge on any atom is 0.412 e. The number of hydrogen-bond acceptors (Lipinski definition) is 3. The quantitative estimate of drug-likeness (QED) is 0.810. The summed E-state index contributed by atoms with van der Waals surface area (Å²) in [6.07, 6.45) is -0.207. The molecule has 5 nitrogen and oxygen atoms in total. The average Bonchev–Trinajstić information content (AvgIpc) is 2.55. The molecule has 2 aromatic carbocycles. The van der Waals surface area contributed by atoms with Crippen LogP contribution in [0.5, 0.6) is 0 Å². The van der Waals surface area contributed by atoms with E-state index in [9.17, 15) is 14.0 Å². The molecule has 0 fully saturated rings. The number of amides is 2. The van der Waals surface area contributed by atoms with Gasteiger partial charge in [-0.25, -0.2) is 9.18 Å². The van der Waals surface area contributed by atoms with E-state index in [1.165, 1.54) is 6.07 Å². The Morgan fingerprint density at radius 2 is 1.81 bits per heavy atom. The van der Waals surface area contributed by atoms with E-state index in [4.69, 9.17) is 4.74 Å². The predicted molar refractivity (Wildman–Crippen MR) is 103 cm³/mol. The van der Waals surface area contributed by atoms with Gasteiger partial charge in [0.05, 0.1) is 0 Å². The standard InChI is InChI=1S/C21H25FN2O3/c1-14(12-15-8-5-6-11-18(15)22)23-19(25)16-9-7-10-17(13-16)24-20(26)27-21(2,3)4/h5-11,13-14H,12H2,1-4H3,(H,23,25)(H,24,26). The van der Waals surface area contributed by atoms with Gasteiger partial charge in [0.2, 0.25) is 0 Å². The first-order chi connectivity index (χ1) is 12.6. The minimum absolute atomic E-state index is 0.253. The highest BCUT2D eigenvalue weighted by Gasteiger charge is 2.17. The van der Waals surface area contributed by atoms with Crippen molar-refractivity contribution in [3.8, 4) is 0 Å². The summed E-state index contributed by atoms with van der Waals surface area (Å²) in [5.41, 5.74) is 0.787. The maximum atomic E-state index is 13.7. The molecule has 27 heavy (non-hydrogen) atoms. The summed E-state index contributed by atoms with van der Waals surface area (Å²) in [7, 11) is 0. The highest BCUT2D eigenvalue weighted by molar-refractivity contribution is 5.96. The molecule has 6 heteroatoms. The van der Waals surface area contributed by atoms with Gasteiger partial charge in [0, 0.05) is 17.3 Å². The molecule has 0 saturated carbocycles. The number of benzene rings is 2. The van der Waals surface area contributed by atoms with E-state index in [2.05, 4.69) is 10.6 Å². The van der Waals surface area contributed by atoms with Gasteiger partial charge in [0.1, 0.15) is 11.4 Å². The topological polar surface area (TPSA) is 67.4 Å². The van der Waals surface area contributed by atoms with Crippen molar-refractivity contribution in [1.82, 2.24) is 5.32 Å². The Kier molecular flexibility index (Phi) is 6.55. The van der Waals surface area contributed by atoms with Crippen molar-refractivity contribution in [2.45, 2.75) is 45.8 Å². The van der Waals surface area contributed by atoms with Gasteiger partial charge in [-0.05, 0) is 63.9 Å². The first-order valence-electron chi connectivity index (χ1n) is 8.78. The van der Waals surface area contributed by atoms with Gasteiger partial charge in [0.15, 0.2) is 0 Å². The van der Waals surface area contributed by atoms with Crippen LogP contribution < -0.4 is 10.6 Å². The molecule has 0 saturated heterocycles. The molecule has 0 spiro atoms. The SMILES string of the molecule is CC(Cc1ccccc1F)NC(=O)c1cccc(NC(=O)OC(C)(C)C)c1. The largest absolute Gasteiger partial charge is 0.444 e. The molecular formula is C21H25FN2O3. The number of nitrogens with one attached hydrogen (secondary N) is 2. The molecule has 1 atom stereocenters. The third-order valence-corrected chi connectivity index (χ3v) is 3.63. The van der Waals surface area contributed by atoms with Gasteiger partial charge in [0.25, 0.3) is 5.91 Å². The number of ether oxygens (including phenoxy) is 1. The van der Waals surface area contributed by atoms with Gasteiger partial charge in [-0.15, -0.1) is 0 Å². The molecule has 0 bridgehead atoms. The second-order valence-electron chi connectivity index (χ2n) is 7.38. The highest BCUT2D eigenvalue weighted by atomic mass is 19.1. The van der Waals surface area contributed by atoms with E-state index in [0.717, 1.165) is 0 Å². The molecule has 144 valence electrons. The zero-order valence-electron chi connectivity index (χ0n) is 16.0. The smallest absolute Gasteiger partial charge is 0.412 e. The lowest BCUT2D eigenvalue weighted by molar-refractivity contribution is 0.0635. The van der Waals surface area contributed by atoms with Crippen molar-refractivity contribution >= 4 is 17.7 Å². The first kappa shape index (κ1) is 20.4. The summed E-state index contributed by atoms with van der Waals surface area (Å²) in [5.74, 6) is -0.589. The third-order valence-electron chi connectivity index (χ3n) is 3.63. The Morgan fingerprint density at radius 3 is 2.48 bits per heavy atom. The second-order valence-corrected chi connectivity index (χ2v) is 7.38. The van der Waals surface area contributed by atoms with Crippen LogP contribution in [0.15, 0.2) is 48.5 Å². The highest BCUT2D eigenvalue weighted by Crippen LogP contribution is 2.14. The average molecular weight is 372 g/mol.